The van der Waals surface area contributed by atoms with Gasteiger partial charge in [-0.25, -0.2) is 0 Å². The summed E-state index contributed by atoms with van der Waals surface area (Å²) >= 11 is 0. The van der Waals surface area contributed by atoms with Gasteiger partial charge in [0.1, 0.15) is 0 Å². The topological polar surface area (TPSA) is 82.0 Å². The number of rotatable bonds is 4. The molecule has 0 aliphatic rings. The van der Waals surface area contributed by atoms with Crippen LogP contribution in [0.5, 0.6) is 0 Å². The molecule has 134 valence electrons. The number of hydrogen-bond acceptors (Lipinski definition) is 3. The van der Waals surface area contributed by atoms with Crippen molar-refractivity contribution in [2.24, 2.45) is 0 Å². The van der Waals surface area contributed by atoms with Crippen molar-refractivity contribution in [3.63, 3.8) is 0 Å². The van der Waals surface area contributed by atoms with Gasteiger partial charge in [-0.3, -0.25) is 9.59 Å². The maximum absolute atomic E-state index is 12.4. The average molecular weight is 349 g/mol. The van der Waals surface area contributed by atoms with Crippen LogP contribution < -0.4 is 10.6 Å². The molecule has 0 saturated heterocycles. The quantitative estimate of drug-likeness (QED) is 0.804. The van der Waals surface area contributed by atoms with Crippen LogP contribution >= 0.6 is 0 Å². The van der Waals surface area contributed by atoms with E-state index in [2.05, 4.69) is 10.6 Å². The van der Waals surface area contributed by atoms with Crippen LogP contribution in [0.15, 0.2) is 42.5 Å². The number of carbonyl (C=O) groups excluding carboxylic acids is 2. The Balaban J connectivity index is 2.20. The summed E-state index contributed by atoms with van der Waals surface area (Å²) in [6, 6.07) is 14.2. The number of anilines is 2. The lowest BCUT2D eigenvalue weighted by atomic mass is 9.92. The fourth-order valence-corrected chi connectivity index (χ4v) is 2.68. The first-order valence-electron chi connectivity index (χ1n) is 8.58. The van der Waals surface area contributed by atoms with Crippen molar-refractivity contribution in [2.75, 3.05) is 10.6 Å². The summed E-state index contributed by atoms with van der Waals surface area (Å²) in [4.78, 5) is 24.7. The third-order valence-corrected chi connectivity index (χ3v) is 4.09. The predicted octanol–water partition coefficient (Wildman–Crippen LogP) is 4.38. The van der Waals surface area contributed by atoms with Gasteiger partial charge in [0.25, 0.3) is 0 Å². The SMILES string of the molecule is CC(C)c1cccc(C(C)C)c1NC(=O)C(=O)Nc1ccc(C#N)cc1. The molecule has 0 bridgehead atoms. The van der Waals surface area contributed by atoms with Crippen LogP contribution in [0.3, 0.4) is 0 Å². The molecule has 0 aliphatic carbocycles. The summed E-state index contributed by atoms with van der Waals surface area (Å²) in [6.45, 7) is 8.19. The average Bonchev–Trinajstić information content (AvgIpc) is 2.62. The molecule has 2 N–H and O–H groups in total. The first kappa shape index (κ1) is 19.2. The monoisotopic (exact) mass is 349 g/mol. The second-order valence-corrected chi connectivity index (χ2v) is 6.72. The molecule has 0 aliphatic heterocycles. The van der Waals surface area contributed by atoms with Gasteiger partial charge >= 0.3 is 11.8 Å². The number of amides is 2. The molecule has 26 heavy (non-hydrogen) atoms. The highest BCUT2D eigenvalue weighted by atomic mass is 16.2. The van der Waals surface area contributed by atoms with E-state index in [-0.39, 0.29) is 11.8 Å². The van der Waals surface area contributed by atoms with Crippen LogP contribution in [0.25, 0.3) is 0 Å². The van der Waals surface area contributed by atoms with Gasteiger partial charge in [0.2, 0.25) is 0 Å². The molecule has 0 radical (unpaired) electrons. The summed E-state index contributed by atoms with van der Waals surface area (Å²) in [5, 5.41) is 14.1. The molecule has 0 atom stereocenters. The molecular formula is C21H23N3O2. The standard InChI is InChI=1S/C21H23N3O2/c1-13(2)17-6-5-7-18(14(3)4)19(17)24-21(26)20(25)23-16-10-8-15(12-22)9-11-16/h5-11,13-14H,1-4H3,(H,23,25)(H,24,26). The van der Waals surface area contributed by atoms with Crippen LogP contribution in [-0.4, -0.2) is 11.8 Å². The van der Waals surface area contributed by atoms with Gasteiger partial charge in [0.15, 0.2) is 0 Å². The number of benzene rings is 2. The smallest absolute Gasteiger partial charge is 0.314 e. The number of nitriles is 1. The van der Waals surface area contributed by atoms with E-state index >= 15 is 0 Å². The summed E-state index contributed by atoms with van der Waals surface area (Å²) in [5.74, 6) is -1.04. The van der Waals surface area contributed by atoms with E-state index in [0.29, 0.717) is 16.9 Å². The van der Waals surface area contributed by atoms with Crippen LogP contribution in [0.1, 0.15) is 56.2 Å². The maximum atomic E-state index is 12.4. The molecule has 2 rings (SSSR count). The fraction of sp³-hybridized carbons (Fsp3) is 0.286. The highest BCUT2D eigenvalue weighted by Crippen LogP contribution is 2.32. The van der Waals surface area contributed by atoms with E-state index in [1.807, 2.05) is 52.0 Å². The molecule has 5 heteroatoms. The molecule has 5 nitrogen and oxygen atoms in total. The third kappa shape index (κ3) is 4.48. The van der Waals surface area contributed by atoms with Gasteiger partial charge in [-0.15, -0.1) is 0 Å². The van der Waals surface area contributed by atoms with E-state index < -0.39 is 11.8 Å². The summed E-state index contributed by atoms with van der Waals surface area (Å²) in [5.41, 5.74) is 3.65. The second kappa shape index (κ2) is 8.30. The minimum atomic E-state index is -0.747. The Bertz CT molecular complexity index is 820. The van der Waals surface area contributed by atoms with Crippen LogP contribution in [0, 0.1) is 11.3 Å². The van der Waals surface area contributed by atoms with Crippen LogP contribution in [-0.2, 0) is 9.59 Å². The molecule has 0 aromatic heterocycles. The molecule has 0 heterocycles. The van der Waals surface area contributed by atoms with Crippen LogP contribution in [0.4, 0.5) is 11.4 Å². The van der Waals surface area contributed by atoms with Crippen molar-refractivity contribution in [3.8, 4) is 6.07 Å². The zero-order valence-corrected chi connectivity index (χ0v) is 15.5. The summed E-state index contributed by atoms with van der Waals surface area (Å²) in [7, 11) is 0. The Labute approximate surface area is 154 Å². The van der Waals surface area contributed by atoms with Crippen LogP contribution in [0.2, 0.25) is 0 Å². The van der Waals surface area contributed by atoms with Gasteiger partial charge in [0, 0.05) is 11.4 Å². The van der Waals surface area contributed by atoms with Gasteiger partial charge in [0.05, 0.1) is 11.6 Å². The molecule has 0 saturated carbocycles. The lowest BCUT2D eigenvalue weighted by molar-refractivity contribution is -0.133. The Hall–Kier alpha value is -3.13. The molecule has 0 unspecified atom stereocenters. The Kier molecular flexibility index (Phi) is 6.13. The number of nitrogens with one attached hydrogen (secondary N) is 2. The normalized spacial score (nSPS) is 10.5. The van der Waals surface area contributed by atoms with Gasteiger partial charge in [-0.05, 0) is 47.2 Å². The van der Waals surface area contributed by atoms with E-state index in [1.165, 1.54) is 0 Å². The zero-order valence-electron chi connectivity index (χ0n) is 15.5. The third-order valence-electron chi connectivity index (χ3n) is 4.09. The lowest BCUT2D eigenvalue weighted by Crippen LogP contribution is -2.30. The highest BCUT2D eigenvalue weighted by molar-refractivity contribution is 6.43. The molecule has 2 aromatic rings. The second-order valence-electron chi connectivity index (χ2n) is 6.72. The number of hydrogen-bond donors (Lipinski definition) is 2. The number of carbonyl (C=O) groups is 2. The van der Waals surface area contributed by atoms with E-state index in [9.17, 15) is 9.59 Å². The van der Waals surface area contributed by atoms with Crippen molar-refractivity contribution in [3.05, 3.63) is 59.2 Å². The summed E-state index contributed by atoms with van der Waals surface area (Å²) in [6.07, 6.45) is 0. The first-order valence-corrected chi connectivity index (χ1v) is 8.58. The predicted molar refractivity (Wildman–Crippen MR) is 103 cm³/mol. The van der Waals surface area contributed by atoms with E-state index in [4.69, 9.17) is 5.26 Å². The zero-order chi connectivity index (χ0) is 19.3. The highest BCUT2D eigenvalue weighted by Gasteiger charge is 2.20. The lowest BCUT2D eigenvalue weighted by Gasteiger charge is -2.20. The van der Waals surface area contributed by atoms with E-state index in [1.54, 1.807) is 24.3 Å². The van der Waals surface area contributed by atoms with Gasteiger partial charge in [-0.1, -0.05) is 45.9 Å². The Morgan fingerprint density at radius 1 is 0.846 bits per heavy atom. The Morgan fingerprint density at radius 3 is 1.81 bits per heavy atom. The minimum Gasteiger partial charge on any atom is -0.318 e. The van der Waals surface area contributed by atoms with Crippen molar-refractivity contribution >= 4 is 23.2 Å². The molecular weight excluding hydrogens is 326 g/mol. The van der Waals surface area contributed by atoms with Crippen molar-refractivity contribution < 1.29 is 9.59 Å². The number of nitrogens with zero attached hydrogens (tertiary/aromatic N) is 1. The van der Waals surface area contributed by atoms with Crippen molar-refractivity contribution in [1.29, 1.82) is 5.26 Å². The molecule has 0 spiro atoms. The Morgan fingerprint density at radius 2 is 1.35 bits per heavy atom. The van der Waals surface area contributed by atoms with Gasteiger partial charge < -0.3 is 10.6 Å². The van der Waals surface area contributed by atoms with Crippen molar-refractivity contribution in [2.45, 2.75) is 39.5 Å². The minimum absolute atomic E-state index is 0.214. The first-order chi connectivity index (χ1) is 12.3. The van der Waals surface area contributed by atoms with Crippen molar-refractivity contribution in [1.82, 2.24) is 0 Å². The van der Waals surface area contributed by atoms with Gasteiger partial charge in [-0.2, -0.15) is 5.26 Å². The molecule has 2 aromatic carbocycles. The van der Waals surface area contributed by atoms with E-state index in [0.717, 1.165) is 11.1 Å². The molecule has 2 amide bonds. The molecule has 0 fully saturated rings. The maximum Gasteiger partial charge on any atom is 0.314 e. The number of para-hydroxylation sites is 1. The fourth-order valence-electron chi connectivity index (χ4n) is 2.68. The summed E-state index contributed by atoms with van der Waals surface area (Å²) < 4.78 is 0. The largest absolute Gasteiger partial charge is 0.318 e.